The number of nitro groups is 1. The highest BCUT2D eigenvalue weighted by atomic mass is 16.6. The molecule has 0 saturated heterocycles. The van der Waals surface area contributed by atoms with Crippen LogP contribution in [0.2, 0.25) is 0 Å². The number of benzene rings is 3. The summed E-state index contributed by atoms with van der Waals surface area (Å²) < 4.78 is 5.90. The van der Waals surface area contributed by atoms with Crippen molar-refractivity contribution in [2.75, 3.05) is 0 Å². The minimum Gasteiger partial charge on any atom is -0.488 e. The van der Waals surface area contributed by atoms with E-state index >= 15 is 0 Å². The number of nitro benzene ring substituents is 1. The first kappa shape index (κ1) is 17.9. The number of non-ortho nitro benzene ring substituents is 1. The first-order chi connectivity index (χ1) is 13.2. The maximum Gasteiger partial charge on any atom is 0.270 e. The predicted octanol–water partition coefficient (Wildman–Crippen LogP) is 5.24. The molecule has 0 unspecified atom stereocenters. The number of para-hydroxylation sites is 1. The van der Waals surface area contributed by atoms with Gasteiger partial charge < -0.3 is 4.74 Å². The monoisotopic (exact) mass is 356 g/mol. The maximum atomic E-state index is 11.0. The van der Waals surface area contributed by atoms with E-state index < -0.39 is 4.92 Å². The zero-order chi connectivity index (χ0) is 19.1. The van der Waals surface area contributed by atoms with Crippen LogP contribution in [0.1, 0.15) is 16.7 Å². The molecule has 3 aromatic rings. The second-order valence-corrected chi connectivity index (χ2v) is 5.79. The topological polar surface area (TPSA) is 76.2 Å². The van der Waals surface area contributed by atoms with Crippen LogP contribution >= 0.6 is 0 Å². The van der Waals surface area contributed by atoms with E-state index in [1.54, 1.807) is 18.2 Å². The first-order valence-corrected chi connectivity index (χ1v) is 8.30. The minimum atomic E-state index is -0.477. The third-order valence-electron chi connectivity index (χ3n) is 3.94. The normalized spacial score (nSPS) is 10.9. The van der Waals surface area contributed by atoms with Crippen LogP contribution in [-0.2, 0) is 6.61 Å². The van der Waals surface area contributed by atoms with Gasteiger partial charge in [0, 0.05) is 17.7 Å². The molecule has 0 aliphatic carbocycles. The lowest BCUT2D eigenvalue weighted by atomic mass is 10.0. The molecule has 5 nitrogen and oxygen atoms in total. The molecule has 0 radical (unpaired) electrons. The Morgan fingerprint density at radius 2 is 1.78 bits per heavy atom. The van der Waals surface area contributed by atoms with Crippen LogP contribution in [0.5, 0.6) is 5.75 Å². The van der Waals surface area contributed by atoms with Crippen LogP contribution in [0, 0.1) is 21.4 Å². The molecule has 0 saturated carbocycles. The molecular formula is C22H16N2O3. The number of nitriles is 1. The Morgan fingerprint density at radius 1 is 1.04 bits per heavy atom. The van der Waals surface area contributed by atoms with Crippen molar-refractivity contribution in [1.29, 1.82) is 5.26 Å². The second kappa shape index (κ2) is 8.45. The number of ether oxygens (including phenoxy) is 1. The van der Waals surface area contributed by atoms with Crippen molar-refractivity contribution in [3.05, 3.63) is 106 Å². The summed E-state index contributed by atoms with van der Waals surface area (Å²) in [5.41, 5.74) is 2.54. The predicted molar refractivity (Wildman–Crippen MR) is 104 cm³/mol. The molecule has 0 bridgehead atoms. The summed E-state index contributed by atoms with van der Waals surface area (Å²) in [4.78, 5) is 10.5. The van der Waals surface area contributed by atoms with Crippen LogP contribution in [0.15, 0.2) is 78.9 Å². The molecule has 0 fully saturated rings. The van der Waals surface area contributed by atoms with Gasteiger partial charge in [-0.25, -0.2) is 0 Å². The average molecular weight is 356 g/mol. The third-order valence-corrected chi connectivity index (χ3v) is 3.94. The van der Waals surface area contributed by atoms with Gasteiger partial charge >= 0.3 is 0 Å². The van der Waals surface area contributed by atoms with Gasteiger partial charge in [-0.1, -0.05) is 60.7 Å². The largest absolute Gasteiger partial charge is 0.488 e. The zero-order valence-corrected chi connectivity index (χ0v) is 14.4. The van der Waals surface area contributed by atoms with Crippen molar-refractivity contribution >= 4 is 17.3 Å². The molecular weight excluding hydrogens is 340 g/mol. The Labute approximate surface area is 156 Å². The number of allylic oxidation sites excluding steroid dienone is 1. The van der Waals surface area contributed by atoms with E-state index in [0.717, 1.165) is 11.1 Å². The molecule has 5 heteroatoms. The van der Waals surface area contributed by atoms with Crippen molar-refractivity contribution in [2.45, 2.75) is 6.61 Å². The number of hydrogen-bond acceptors (Lipinski definition) is 4. The van der Waals surface area contributed by atoms with Crippen molar-refractivity contribution in [3.8, 4) is 11.8 Å². The Morgan fingerprint density at radius 3 is 2.52 bits per heavy atom. The van der Waals surface area contributed by atoms with Crippen LogP contribution in [0.4, 0.5) is 5.69 Å². The quantitative estimate of drug-likeness (QED) is 0.262. The summed E-state index contributed by atoms with van der Waals surface area (Å²) in [6.45, 7) is 0.407. The molecule has 0 heterocycles. The fourth-order valence-electron chi connectivity index (χ4n) is 2.59. The molecule has 0 N–H and O–H groups in total. The SMILES string of the molecule is N#C/C(=C\c1ccccc1OCc1ccccc1)c1cccc([N+](=O)[O-])c1. The smallest absolute Gasteiger partial charge is 0.270 e. The van der Waals surface area contributed by atoms with Crippen molar-refractivity contribution in [1.82, 2.24) is 0 Å². The highest BCUT2D eigenvalue weighted by molar-refractivity contribution is 5.91. The minimum absolute atomic E-state index is 0.0535. The second-order valence-electron chi connectivity index (χ2n) is 5.79. The molecule has 0 amide bonds. The Kier molecular flexibility index (Phi) is 5.60. The van der Waals surface area contributed by atoms with Crippen LogP contribution in [0.25, 0.3) is 11.6 Å². The Bertz CT molecular complexity index is 1020. The molecule has 0 spiro atoms. The van der Waals surface area contributed by atoms with Gasteiger partial charge in [-0.2, -0.15) is 5.26 Å². The number of hydrogen-bond donors (Lipinski definition) is 0. The summed E-state index contributed by atoms with van der Waals surface area (Å²) in [7, 11) is 0. The van der Waals surface area contributed by atoms with Crippen LogP contribution in [0.3, 0.4) is 0 Å². The van der Waals surface area contributed by atoms with E-state index in [0.29, 0.717) is 23.5 Å². The third kappa shape index (κ3) is 4.59. The Hall–Kier alpha value is -3.91. The molecule has 3 rings (SSSR count). The molecule has 27 heavy (non-hydrogen) atoms. The number of rotatable bonds is 6. The summed E-state index contributed by atoms with van der Waals surface area (Å²) in [6, 6.07) is 25.3. The van der Waals surface area contributed by atoms with Crippen molar-refractivity contribution < 1.29 is 9.66 Å². The summed E-state index contributed by atoms with van der Waals surface area (Å²) in [5.74, 6) is 0.638. The average Bonchev–Trinajstić information content (AvgIpc) is 2.72. The van der Waals surface area contributed by atoms with E-state index in [2.05, 4.69) is 6.07 Å². The summed E-state index contributed by atoms with van der Waals surface area (Å²) in [6.07, 6.45) is 1.68. The van der Waals surface area contributed by atoms with Gasteiger partial charge in [0.05, 0.1) is 16.6 Å². The molecule has 0 atom stereocenters. The van der Waals surface area contributed by atoms with Gasteiger partial charge in [0.2, 0.25) is 0 Å². The van der Waals surface area contributed by atoms with Gasteiger partial charge in [-0.15, -0.1) is 0 Å². The lowest BCUT2D eigenvalue weighted by molar-refractivity contribution is -0.384. The van der Waals surface area contributed by atoms with Crippen molar-refractivity contribution in [2.24, 2.45) is 0 Å². The standard InChI is InChI=1S/C22H16N2O3/c23-15-20(18-10-6-11-21(14-18)24(25)26)13-19-9-4-5-12-22(19)27-16-17-7-2-1-3-8-17/h1-14H,16H2/b20-13+. The molecule has 3 aromatic carbocycles. The summed E-state index contributed by atoms with van der Waals surface area (Å²) in [5, 5.41) is 20.5. The van der Waals surface area contributed by atoms with E-state index in [4.69, 9.17) is 4.74 Å². The van der Waals surface area contributed by atoms with Gasteiger partial charge in [-0.3, -0.25) is 10.1 Å². The van der Waals surface area contributed by atoms with E-state index in [1.165, 1.54) is 12.1 Å². The zero-order valence-electron chi connectivity index (χ0n) is 14.4. The first-order valence-electron chi connectivity index (χ1n) is 8.30. The summed E-state index contributed by atoms with van der Waals surface area (Å²) >= 11 is 0. The fourth-order valence-corrected chi connectivity index (χ4v) is 2.59. The van der Waals surface area contributed by atoms with E-state index in [-0.39, 0.29) is 5.69 Å². The van der Waals surface area contributed by atoms with Crippen molar-refractivity contribution in [3.63, 3.8) is 0 Å². The van der Waals surface area contributed by atoms with Gasteiger partial charge in [0.25, 0.3) is 5.69 Å². The molecule has 0 aromatic heterocycles. The van der Waals surface area contributed by atoms with Gasteiger partial charge in [0.1, 0.15) is 12.4 Å². The Balaban J connectivity index is 1.90. The highest BCUT2D eigenvalue weighted by Gasteiger charge is 2.10. The van der Waals surface area contributed by atoms with Gasteiger partial charge in [-0.05, 0) is 23.3 Å². The van der Waals surface area contributed by atoms with E-state index in [9.17, 15) is 15.4 Å². The fraction of sp³-hybridized carbons (Fsp3) is 0.0455. The van der Waals surface area contributed by atoms with E-state index in [1.807, 2.05) is 54.6 Å². The van der Waals surface area contributed by atoms with Crippen LogP contribution < -0.4 is 4.74 Å². The van der Waals surface area contributed by atoms with Crippen LogP contribution in [-0.4, -0.2) is 4.92 Å². The highest BCUT2D eigenvalue weighted by Crippen LogP contribution is 2.26. The molecule has 0 aliphatic heterocycles. The lowest BCUT2D eigenvalue weighted by Crippen LogP contribution is -1.97. The number of nitrogens with zero attached hydrogens (tertiary/aromatic N) is 2. The lowest BCUT2D eigenvalue weighted by Gasteiger charge is -2.10. The molecule has 0 aliphatic rings. The molecule has 132 valence electrons. The van der Waals surface area contributed by atoms with Gasteiger partial charge in [0.15, 0.2) is 0 Å². The maximum absolute atomic E-state index is 11.0.